The number of rotatable bonds is 3. The highest BCUT2D eigenvalue weighted by Gasteiger charge is 2.38. The highest BCUT2D eigenvalue weighted by atomic mass is 19.4. The molecule has 1 aliphatic heterocycles. The number of nitrogens with zero attached hydrogens (tertiary/aromatic N) is 1. The van der Waals surface area contributed by atoms with E-state index in [1.165, 1.54) is 6.92 Å². The minimum atomic E-state index is -5.00. The molecule has 0 amide bonds. The van der Waals surface area contributed by atoms with Crippen LogP contribution in [-0.4, -0.2) is 46.8 Å². The predicted molar refractivity (Wildman–Crippen MR) is 94.3 cm³/mol. The maximum atomic E-state index is 12.9. The van der Waals surface area contributed by atoms with E-state index >= 15 is 0 Å². The van der Waals surface area contributed by atoms with Crippen LogP contribution < -0.4 is 0 Å². The van der Waals surface area contributed by atoms with Crippen LogP contribution in [0.1, 0.15) is 50.3 Å². The largest absolute Gasteiger partial charge is 0.448 e. The number of halogens is 6. The van der Waals surface area contributed by atoms with Crippen molar-refractivity contribution in [3.05, 3.63) is 34.9 Å². The van der Waals surface area contributed by atoms with Gasteiger partial charge < -0.3 is 20.1 Å². The van der Waals surface area contributed by atoms with Gasteiger partial charge in [-0.15, -0.1) is 0 Å². The number of benzene rings is 1. The Morgan fingerprint density at radius 3 is 1.86 bits per heavy atom. The van der Waals surface area contributed by atoms with Crippen molar-refractivity contribution in [1.29, 1.82) is 0 Å². The third kappa shape index (κ3) is 8.58. The molecule has 0 bridgehead atoms. The van der Waals surface area contributed by atoms with Gasteiger partial charge in [0, 0.05) is 19.1 Å². The smallest absolute Gasteiger partial charge is 0.416 e. The van der Waals surface area contributed by atoms with Crippen molar-refractivity contribution in [3.8, 4) is 0 Å². The maximum absolute atomic E-state index is 12.9. The Morgan fingerprint density at radius 2 is 1.48 bits per heavy atom. The van der Waals surface area contributed by atoms with Gasteiger partial charge in [0.15, 0.2) is 0 Å². The van der Waals surface area contributed by atoms with Crippen LogP contribution >= 0.6 is 0 Å². The Hall–Kier alpha value is -1.85. The molecule has 1 aromatic rings. The maximum Gasteiger partial charge on any atom is 0.416 e. The molecule has 0 saturated heterocycles. The molecule has 5 nitrogen and oxygen atoms in total. The Bertz CT molecular complexity index is 626. The molecule has 0 aromatic heterocycles. The molecule has 0 fully saturated rings. The van der Waals surface area contributed by atoms with E-state index < -0.39 is 53.4 Å². The van der Waals surface area contributed by atoms with Gasteiger partial charge in [-0.3, -0.25) is 0 Å². The summed E-state index contributed by atoms with van der Waals surface area (Å²) in [6.07, 6.45) is -12.2. The molecule has 11 heteroatoms. The van der Waals surface area contributed by atoms with Crippen LogP contribution in [0.5, 0.6) is 0 Å². The van der Waals surface area contributed by atoms with Crippen molar-refractivity contribution in [1.82, 2.24) is 0 Å². The molecule has 168 valence electrons. The lowest BCUT2D eigenvalue weighted by Crippen LogP contribution is -2.32. The standard InChI is InChI=1S/C15H15F6NO3.C2H6.CH4O/c1-7(23)2-11-6-12(24)25-13(22-11)8-3-9(14(16,17)18)5-10(4-8)15(19,20)21;2*1-2/h3-5,7,11-12,23-24H,2,6H2,1H3;1-2H3;2H,1H3. The Morgan fingerprint density at radius 1 is 1.03 bits per heavy atom. The van der Waals surface area contributed by atoms with Crippen molar-refractivity contribution in [2.24, 2.45) is 4.99 Å². The van der Waals surface area contributed by atoms with Crippen LogP contribution in [-0.2, 0) is 17.1 Å². The normalized spacial score (nSPS) is 20.2. The Balaban J connectivity index is 0.00000184. The van der Waals surface area contributed by atoms with Crippen molar-refractivity contribution >= 4 is 5.90 Å². The Kier molecular flexibility index (Phi) is 10.6. The summed E-state index contributed by atoms with van der Waals surface area (Å²) in [7, 11) is 1.00. The number of alkyl halides is 6. The average Bonchev–Trinajstić information content (AvgIpc) is 2.62. The fraction of sp³-hybridized carbons (Fsp3) is 0.611. The van der Waals surface area contributed by atoms with Crippen LogP contribution in [0, 0.1) is 0 Å². The first-order valence-corrected chi connectivity index (χ1v) is 8.71. The van der Waals surface area contributed by atoms with Crippen molar-refractivity contribution in [2.75, 3.05) is 7.11 Å². The second-order valence-electron chi connectivity index (χ2n) is 5.78. The molecule has 2 rings (SSSR count). The van der Waals surface area contributed by atoms with Crippen LogP contribution in [0.4, 0.5) is 26.3 Å². The van der Waals surface area contributed by atoms with E-state index in [1.807, 2.05) is 13.8 Å². The van der Waals surface area contributed by atoms with Crippen molar-refractivity contribution in [3.63, 3.8) is 0 Å². The van der Waals surface area contributed by atoms with E-state index in [9.17, 15) is 36.6 Å². The molecule has 0 saturated carbocycles. The predicted octanol–water partition coefficient (Wildman–Crippen LogP) is 3.98. The van der Waals surface area contributed by atoms with E-state index in [1.54, 1.807) is 0 Å². The fourth-order valence-electron chi connectivity index (χ4n) is 2.42. The first-order chi connectivity index (χ1) is 13.4. The van der Waals surface area contributed by atoms with Crippen LogP contribution in [0.3, 0.4) is 0 Å². The van der Waals surface area contributed by atoms with Gasteiger partial charge in [0.25, 0.3) is 0 Å². The molecule has 3 atom stereocenters. The van der Waals surface area contributed by atoms with Crippen LogP contribution in [0.25, 0.3) is 0 Å². The zero-order valence-electron chi connectivity index (χ0n) is 16.3. The summed E-state index contributed by atoms with van der Waals surface area (Å²) in [6, 6.07) is 0.260. The van der Waals surface area contributed by atoms with E-state index in [0.29, 0.717) is 12.1 Å². The summed E-state index contributed by atoms with van der Waals surface area (Å²) < 4.78 is 82.3. The minimum absolute atomic E-state index is 0.00338. The molecular formula is C18H25F6NO4. The fourth-order valence-corrected chi connectivity index (χ4v) is 2.42. The number of hydrogen-bond acceptors (Lipinski definition) is 5. The molecule has 0 radical (unpaired) electrons. The van der Waals surface area contributed by atoms with Gasteiger partial charge in [0.05, 0.1) is 23.3 Å². The van der Waals surface area contributed by atoms with Crippen molar-refractivity contribution in [2.45, 2.75) is 64.4 Å². The van der Waals surface area contributed by atoms with Gasteiger partial charge in [-0.2, -0.15) is 26.3 Å². The number of aliphatic imine (C=N–C) groups is 1. The second kappa shape index (κ2) is 11.4. The second-order valence-corrected chi connectivity index (χ2v) is 5.78. The van der Waals surface area contributed by atoms with Gasteiger partial charge in [0.2, 0.25) is 12.2 Å². The minimum Gasteiger partial charge on any atom is -0.448 e. The third-order valence-corrected chi connectivity index (χ3v) is 3.47. The van der Waals surface area contributed by atoms with Gasteiger partial charge >= 0.3 is 12.4 Å². The van der Waals surface area contributed by atoms with E-state index in [4.69, 9.17) is 9.84 Å². The molecule has 0 aliphatic carbocycles. The summed E-state index contributed by atoms with van der Waals surface area (Å²) in [5.41, 5.74) is -3.55. The SMILES string of the molecule is CC.CC(O)CC1CC(O)OC(c2cc(C(F)(F)F)cc(C(F)(F)F)c2)=N1.CO. The zero-order chi connectivity index (χ0) is 23.0. The quantitative estimate of drug-likeness (QED) is 0.630. The summed E-state index contributed by atoms with van der Waals surface area (Å²) in [4.78, 5) is 3.93. The lowest BCUT2D eigenvalue weighted by Gasteiger charge is -2.26. The first-order valence-electron chi connectivity index (χ1n) is 8.71. The lowest BCUT2D eigenvalue weighted by atomic mass is 10.0. The number of aliphatic hydroxyl groups excluding tert-OH is 3. The van der Waals surface area contributed by atoms with Gasteiger partial charge in [-0.05, 0) is 31.5 Å². The molecule has 3 N–H and O–H groups in total. The van der Waals surface area contributed by atoms with E-state index in [2.05, 4.69) is 4.99 Å². The molecular weight excluding hydrogens is 408 g/mol. The van der Waals surface area contributed by atoms with Crippen LogP contribution in [0.15, 0.2) is 23.2 Å². The molecule has 0 spiro atoms. The topological polar surface area (TPSA) is 82.3 Å². The first kappa shape index (κ1) is 27.1. The molecule has 1 aromatic carbocycles. The Labute approximate surface area is 164 Å². The third-order valence-electron chi connectivity index (χ3n) is 3.47. The highest BCUT2D eigenvalue weighted by Crippen LogP contribution is 2.37. The summed E-state index contributed by atoms with van der Waals surface area (Å²) >= 11 is 0. The summed E-state index contributed by atoms with van der Waals surface area (Å²) in [6.45, 7) is 5.45. The lowest BCUT2D eigenvalue weighted by molar-refractivity contribution is -0.143. The number of hydrogen-bond donors (Lipinski definition) is 3. The molecule has 1 heterocycles. The molecule has 1 aliphatic rings. The molecule has 29 heavy (non-hydrogen) atoms. The van der Waals surface area contributed by atoms with E-state index in [-0.39, 0.29) is 18.9 Å². The van der Waals surface area contributed by atoms with E-state index in [0.717, 1.165) is 7.11 Å². The van der Waals surface area contributed by atoms with Gasteiger partial charge in [0.1, 0.15) is 0 Å². The highest BCUT2D eigenvalue weighted by molar-refractivity contribution is 5.95. The molecule has 3 unspecified atom stereocenters. The summed E-state index contributed by atoms with van der Waals surface area (Å²) in [5.74, 6) is -0.527. The van der Waals surface area contributed by atoms with Gasteiger partial charge in [-0.1, -0.05) is 13.8 Å². The van der Waals surface area contributed by atoms with Crippen LogP contribution in [0.2, 0.25) is 0 Å². The number of aliphatic hydroxyl groups is 3. The summed E-state index contributed by atoms with van der Waals surface area (Å²) in [5, 5.41) is 26.0. The monoisotopic (exact) mass is 433 g/mol. The van der Waals surface area contributed by atoms with Gasteiger partial charge in [-0.25, -0.2) is 4.99 Å². The van der Waals surface area contributed by atoms with Crippen molar-refractivity contribution < 1.29 is 46.4 Å². The average molecular weight is 433 g/mol. The number of ether oxygens (including phenoxy) is 1. The zero-order valence-corrected chi connectivity index (χ0v) is 16.3.